The lowest BCUT2D eigenvalue weighted by Crippen LogP contribution is -2.44. The molecule has 1 N–H and O–H groups in total. The molecule has 0 saturated carbocycles. The Kier molecular flexibility index (Phi) is 6.03. The first-order valence-corrected chi connectivity index (χ1v) is 11.4. The van der Waals surface area contributed by atoms with Gasteiger partial charge in [0.25, 0.3) is 5.91 Å². The fourth-order valence-corrected chi connectivity index (χ4v) is 4.67. The van der Waals surface area contributed by atoms with E-state index >= 15 is 0 Å². The van der Waals surface area contributed by atoms with Crippen molar-refractivity contribution in [1.29, 1.82) is 0 Å². The molecule has 32 heavy (non-hydrogen) atoms. The minimum Gasteiger partial charge on any atom is -0.381 e. The molecule has 0 spiro atoms. The van der Waals surface area contributed by atoms with Gasteiger partial charge in [-0.05, 0) is 52.5 Å². The van der Waals surface area contributed by atoms with E-state index in [-0.39, 0.29) is 17.7 Å². The van der Waals surface area contributed by atoms with Crippen LogP contribution in [-0.2, 0) is 22.4 Å². The molecule has 1 aromatic heterocycles. The molecule has 1 saturated heterocycles. The highest BCUT2D eigenvalue weighted by Gasteiger charge is 2.37. The largest absolute Gasteiger partial charge is 0.381 e. The Balaban J connectivity index is 1.57. The van der Waals surface area contributed by atoms with Gasteiger partial charge in [-0.15, -0.1) is 0 Å². The van der Waals surface area contributed by atoms with Crippen LogP contribution in [0.3, 0.4) is 0 Å². The van der Waals surface area contributed by atoms with Crippen LogP contribution in [0.15, 0.2) is 24.3 Å². The van der Waals surface area contributed by atoms with E-state index in [0.717, 1.165) is 29.9 Å². The van der Waals surface area contributed by atoms with Crippen LogP contribution in [0, 0.1) is 13.8 Å². The Morgan fingerprint density at radius 1 is 1.22 bits per heavy atom. The van der Waals surface area contributed by atoms with E-state index in [0.29, 0.717) is 38.3 Å². The van der Waals surface area contributed by atoms with Gasteiger partial charge in [-0.25, -0.2) is 9.97 Å². The van der Waals surface area contributed by atoms with E-state index in [1.807, 2.05) is 17.9 Å². The number of aromatic nitrogens is 2. The molecule has 1 atom stereocenters. The number of carbonyl (C=O) groups excluding carboxylic acids is 2. The summed E-state index contributed by atoms with van der Waals surface area (Å²) < 4.78 is 0. The predicted molar refractivity (Wildman–Crippen MR) is 123 cm³/mol. The number of hydrogen-bond donors (Lipinski definition) is 1. The second kappa shape index (κ2) is 8.62. The summed E-state index contributed by atoms with van der Waals surface area (Å²) in [5, 5.41) is 10.1. The summed E-state index contributed by atoms with van der Waals surface area (Å²) in [4.78, 5) is 38.4. The van der Waals surface area contributed by atoms with Gasteiger partial charge in [0, 0.05) is 43.2 Å². The average Bonchev–Trinajstić information content (AvgIpc) is 3.21. The van der Waals surface area contributed by atoms with E-state index < -0.39 is 5.60 Å². The molecule has 2 aromatic rings. The third-order valence-corrected chi connectivity index (χ3v) is 6.43. The van der Waals surface area contributed by atoms with Crippen molar-refractivity contribution in [2.45, 2.75) is 64.9 Å². The number of likely N-dealkylation sites (tertiary alicyclic amines) is 1. The number of rotatable bonds is 5. The van der Waals surface area contributed by atoms with Gasteiger partial charge in [-0.2, -0.15) is 0 Å². The predicted octanol–water partition coefficient (Wildman–Crippen LogP) is 2.70. The lowest BCUT2D eigenvalue weighted by molar-refractivity contribution is -0.146. The molecule has 7 heteroatoms. The van der Waals surface area contributed by atoms with Crippen molar-refractivity contribution < 1.29 is 14.7 Å². The Hall–Kier alpha value is -2.80. The summed E-state index contributed by atoms with van der Waals surface area (Å²) in [6.45, 7) is 8.72. The number of aliphatic hydroxyl groups is 1. The van der Waals surface area contributed by atoms with Crippen molar-refractivity contribution in [3.8, 4) is 0 Å². The van der Waals surface area contributed by atoms with Crippen molar-refractivity contribution >= 4 is 17.6 Å². The van der Waals surface area contributed by atoms with E-state index in [4.69, 9.17) is 9.97 Å². The third-order valence-electron chi connectivity index (χ3n) is 6.43. The lowest BCUT2D eigenvalue weighted by Gasteiger charge is -2.30. The van der Waals surface area contributed by atoms with Gasteiger partial charge in [0.15, 0.2) is 0 Å². The summed E-state index contributed by atoms with van der Waals surface area (Å²) in [6.07, 6.45) is 2.65. The summed E-state index contributed by atoms with van der Waals surface area (Å²) in [6, 6.07) is 8.35. The molecule has 0 radical (unpaired) electrons. The molecular formula is C25H32N4O3. The van der Waals surface area contributed by atoms with Gasteiger partial charge < -0.3 is 10.0 Å². The Labute approximate surface area is 189 Å². The number of carbonyl (C=O) groups is 2. The minimum atomic E-state index is -1.39. The summed E-state index contributed by atoms with van der Waals surface area (Å²) in [5.74, 6) is 1.23. The Bertz CT molecular complexity index is 1040. The molecule has 3 heterocycles. The topological polar surface area (TPSA) is 86.6 Å². The second-order valence-corrected chi connectivity index (χ2v) is 9.55. The van der Waals surface area contributed by atoms with Gasteiger partial charge in [0.2, 0.25) is 5.91 Å². The van der Waals surface area contributed by atoms with E-state index in [9.17, 15) is 14.7 Å². The summed E-state index contributed by atoms with van der Waals surface area (Å²) >= 11 is 0. The molecule has 2 amide bonds. The van der Waals surface area contributed by atoms with Crippen molar-refractivity contribution in [3.05, 3.63) is 52.5 Å². The molecule has 0 aliphatic carbocycles. The van der Waals surface area contributed by atoms with E-state index in [1.165, 1.54) is 25.0 Å². The highest BCUT2D eigenvalue weighted by atomic mass is 16.3. The number of fused-ring (bicyclic) bond motifs is 1. The molecule has 1 aromatic carbocycles. The maximum Gasteiger partial charge on any atom is 0.253 e. The van der Waals surface area contributed by atoms with Gasteiger partial charge >= 0.3 is 0 Å². The molecule has 0 bridgehead atoms. The van der Waals surface area contributed by atoms with Crippen LogP contribution in [0.4, 0.5) is 5.82 Å². The second-order valence-electron chi connectivity index (χ2n) is 9.55. The number of amides is 2. The zero-order chi connectivity index (χ0) is 23.0. The number of hydrogen-bond acceptors (Lipinski definition) is 5. The van der Waals surface area contributed by atoms with E-state index in [2.05, 4.69) is 25.1 Å². The molecule has 1 unspecified atom stereocenters. The van der Waals surface area contributed by atoms with Gasteiger partial charge in [-0.1, -0.05) is 29.8 Å². The lowest BCUT2D eigenvalue weighted by atomic mass is 10.0. The van der Waals surface area contributed by atoms with Crippen LogP contribution in [0.1, 0.15) is 60.8 Å². The number of aryl methyl sites for hydroxylation is 2. The number of anilines is 1. The van der Waals surface area contributed by atoms with Crippen molar-refractivity contribution in [1.82, 2.24) is 14.9 Å². The zero-order valence-electron chi connectivity index (χ0n) is 19.4. The Morgan fingerprint density at radius 2 is 2.00 bits per heavy atom. The van der Waals surface area contributed by atoms with Crippen molar-refractivity contribution in [2.75, 3.05) is 24.5 Å². The smallest absolute Gasteiger partial charge is 0.253 e. The Morgan fingerprint density at radius 3 is 2.72 bits per heavy atom. The van der Waals surface area contributed by atoms with Crippen molar-refractivity contribution in [3.63, 3.8) is 0 Å². The zero-order valence-corrected chi connectivity index (χ0v) is 19.4. The van der Waals surface area contributed by atoms with Crippen LogP contribution in [0.25, 0.3) is 0 Å². The molecule has 4 rings (SSSR count). The van der Waals surface area contributed by atoms with Crippen LogP contribution < -0.4 is 4.90 Å². The molecular weight excluding hydrogens is 404 g/mol. The summed E-state index contributed by atoms with van der Waals surface area (Å²) in [5.41, 5.74) is 2.97. The normalized spacial score (nSPS) is 18.8. The van der Waals surface area contributed by atoms with Crippen LogP contribution in [-0.4, -0.2) is 57.0 Å². The first kappa shape index (κ1) is 22.4. The van der Waals surface area contributed by atoms with Crippen molar-refractivity contribution in [2.24, 2.45) is 0 Å². The fourth-order valence-electron chi connectivity index (χ4n) is 4.67. The monoisotopic (exact) mass is 436 g/mol. The standard InChI is InChI=1S/C25H32N4O3/c1-16-6-5-7-18(14-16)10-13-29-21(30)9-8-20-17(2)26-22(27-23(20)29)19-11-12-28(15-19)24(31)25(3,4)32/h5-7,14,19,32H,8-13,15H2,1-4H3. The molecule has 2 aliphatic heterocycles. The van der Waals surface area contributed by atoms with E-state index in [1.54, 1.807) is 4.90 Å². The number of benzene rings is 1. The minimum absolute atomic E-state index is 0.000881. The third kappa shape index (κ3) is 4.53. The molecule has 7 nitrogen and oxygen atoms in total. The molecule has 1 fully saturated rings. The summed E-state index contributed by atoms with van der Waals surface area (Å²) in [7, 11) is 0. The highest BCUT2D eigenvalue weighted by molar-refractivity contribution is 5.95. The molecule has 170 valence electrons. The van der Waals surface area contributed by atoms with Crippen LogP contribution in [0.2, 0.25) is 0 Å². The average molecular weight is 437 g/mol. The fraction of sp³-hybridized carbons (Fsp3) is 0.520. The SMILES string of the molecule is Cc1cccc(CCN2C(=O)CCc3c(C)nc(C4CCN(C(=O)C(C)(C)O)C4)nc32)c1. The maximum absolute atomic E-state index is 12.8. The molecule has 2 aliphatic rings. The maximum atomic E-state index is 12.8. The van der Waals surface area contributed by atoms with Gasteiger partial charge in [-0.3, -0.25) is 14.5 Å². The first-order valence-electron chi connectivity index (χ1n) is 11.4. The van der Waals surface area contributed by atoms with Gasteiger partial charge in [0.05, 0.1) is 0 Å². The van der Waals surface area contributed by atoms with Crippen LogP contribution >= 0.6 is 0 Å². The highest BCUT2D eigenvalue weighted by Crippen LogP contribution is 2.33. The quantitative estimate of drug-likeness (QED) is 0.779. The first-order chi connectivity index (χ1) is 15.1. The van der Waals surface area contributed by atoms with Gasteiger partial charge in [0.1, 0.15) is 17.2 Å². The van der Waals surface area contributed by atoms with Crippen LogP contribution in [0.5, 0.6) is 0 Å². The number of nitrogens with zero attached hydrogens (tertiary/aromatic N) is 4.